The van der Waals surface area contributed by atoms with Crippen LogP contribution in [0.25, 0.3) is 0 Å². The summed E-state index contributed by atoms with van der Waals surface area (Å²) < 4.78 is 34.7. The Morgan fingerprint density at radius 3 is 2.30 bits per heavy atom. The van der Waals surface area contributed by atoms with Crippen molar-refractivity contribution in [2.75, 3.05) is 5.75 Å². The van der Waals surface area contributed by atoms with E-state index in [9.17, 15) is 13.2 Å². The van der Waals surface area contributed by atoms with Crippen LogP contribution in [-0.2, 0) is 24.1 Å². The molecule has 1 aliphatic heterocycles. The number of carbonyl (C=O) groups is 1. The van der Waals surface area contributed by atoms with Gasteiger partial charge in [-0.3, -0.25) is 0 Å². The number of ether oxygens (including phenoxy) is 2. The summed E-state index contributed by atoms with van der Waals surface area (Å²) in [5.41, 5.74) is 0.994. The molecule has 1 aromatic carbocycles. The van der Waals surface area contributed by atoms with Crippen LogP contribution in [0.5, 0.6) is 0 Å². The Kier molecular flexibility index (Phi) is 3.88. The van der Waals surface area contributed by atoms with Gasteiger partial charge in [0.2, 0.25) is 5.79 Å². The molecule has 20 heavy (non-hydrogen) atoms. The fourth-order valence-corrected chi connectivity index (χ4v) is 3.34. The Morgan fingerprint density at radius 2 is 1.80 bits per heavy atom. The summed E-state index contributed by atoms with van der Waals surface area (Å²) in [7, 11) is -3.41. The van der Waals surface area contributed by atoms with E-state index < -0.39 is 27.7 Å². The second-order valence-electron chi connectivity index (χ2n) is 5.35. The van der Waals surface area contributed by atoms with Gasteiger partial charge in [-0.2, -0.15) is 0 Å². The average Bonchev–Trinajstić information content (AvgIpc) is 2.60. The van der Waals surface area contributed by atoms with E-state index in [2.05, 4.69) is 0 Å². The first-order valence-corrected chi connectivity index (χ1v) is 8.05. The largest absolute Gasteiger partial charge is 0.432 e. The minimum Gasteiger partial charge on any atom is -0.432 e. The van der Waals surface area contributed by atoms with Gasteiger partial charge >= 0.3 is 5.97 Å². The van der Waals surface area contributed by atoms with Crippen molar-refractivity contribution in [3.8, 4) is 0 Å². The number of rotatable bonds is 4. The molecule has 1 saturated heterocycles. The molecule has 0 radical (unpaired) electrons. The lowest BCUT2D eigenvalue weighted by Gasteiger charge is -2.15. The Bertz CT molecular complexity index is 601. The molecule has 0 N–H and O–H groups in total. The average molecular weight is 298 g/mol. The highest BCUT2D eigenvalue weighted by Crippen LogP contribution is 2.26. The zero-order chi connectivity index (χ0) is 15.0. The highest BCUT2D eigenvalue weighted by molar-refractivity contribution is 7.91. The first-order valence-electron chi connectivity index (χ1n) is 6.40. The maximum Gasteiger partial charge on any atom is 0.337 e. The van der Waals surface area contributed by atoms with Crippen molar-refractivity contribution in [2.45, 2.75) is 44.0 Å². The van der Waals surface area contributed by atoms with Gasteiger partial charge in [0.15, 0.2) is 15.9 Å². The van der Waals surface area contributed by atoms with Crippen LogP contribution < -0.4 is 0 Å². The highest BCUT2D eigenvalue weighted by Gasteiger charge is 2.41. The first kappa shape index (κ1) is 15.0. The van der Waals surface area contributed by atoms with Gasteiger partial charge in [-0.1, -0.05) is 17.7 Å². The van der Waals surface area contributed by atoms with E-state index in [0.29, 0.717) is 0 Å². The molecule has 6 heteroatoms. The SMILES string of the molecule is Cc1ccc(S(=O)(=O)CCC2OC(C)(C)OC2=O)cc1. The molecule has 2 rings (SSSR count). The normalized spacial score (nSPS) is 21.8. The molecule has 0 spiro atoms. The third-order valence-electron chi connectivity index (χ3n) is 3.06. The number of esters is 1. The smallest absolute Gasteiger partial charge is 0.337 e. The lowest BCUT2D eigenvalue weighted by molar-refractivity contribution is -0.160. The maximum atomic E-state index is 12.2. The van der Waals surface area contributed by atoms with Crippen LogP contribution in [0.4, 0.5) is 0 Å². The van der Waals surface area contributed by atoms with Crippen LogP contribution in [-0.4, -0.2) is 32.0 Å². The Balaban J connectivity index is 2.03. The fraction of sp³-hybridized carbons (Fsp3) is 0.500. The topological polar surface area (TPSA) is 69.7 Å². The number of hydrogen-bond donors (Lipinski definition) is 0. The quantitative estimate of drug-likeness (QED) is 0.793. The van der Waals surface area contributed by atoms with Gasteiger partial charge < -0.3 is 9.47 Å². The van der Waals surface area contributed by atoms with E-state index in [1.165, 1.54) is 0 Å². The van der Waals surface area contributed by atoms with Crippen molar-refractivity contribution in [1.29, 1.82) is 0 Å². The van der Waals surface area contributed by atoms with Crippen molar-refractivity contribution in [2.24, 2.45) is 0 Å². The fourth-order valence-electron chi connectivity index (χ4n) is 2.03. The van der Waals surface area contributed by atoms with Crippen molar-refractivity contribution in [3.63, 3.8) is 0 Å². The van der Waals surface area contributed by atoms with E-state index in [1.807, 2.05) is 6.92 Å². The summed E-state index contributed by atoms with van der Waals surface area (Å²) in [4.78, 5) is 11.8. The molecule has 0 aromatic heterocycles. The summed E-state index contributed by atoms with van der Waals surface area (Å²) in [5.74, 6) is -1.63. The third-order valence-corrected chi connectivity index (χ3v) is 4.83. The minimum atomic E-state index is -3.41. The monoisotopic (exact) mass is 298 g/mol. The van der Waals surface area contributed by atoms with Gasteiger partial charge in [-0.25, -0.2) is 13.2 Å². The van der Waals surface area contributed by atoms with Crippen molar-refractivity contribution in [1.82, 2.24) is 0 Å². The summed E-state index contributed by atoms with van der Waals surface area (Å²) in [6.07, 6.45) is -0.719. The number of cyclic esters (lactones) is 1. The van der Waals surface area contributed by atoms with Crippen molar-refractivity contribution >= 4 is 15.8 Å². The molecule has 1 unspecified atom stereocenters. The molecular formula is C14H18O5S. The van der Waals surface area contributed by atoms with E-state index in [4.69, 9.17) is 9.47 Å². The van der Waals surface area contributed by atoms with Crippen LogP contribution in [0.2, 0.25) is 0 Å². The van der Waals surface area contributed by atoms with E-state index in [0.717, 1.165) is 5.56 Å². The molecular weight excluding hydrogens is 280 g/mol. The maximum absolute atomic E-state index is 12.2. The summed E-state index contributed by atoms with van der Waals surface area (Å²) >= 11 is 0. The number of benzene rings is 1. The second-order valence-corrected chi connectivity index (χ2v) is 7.46. The Labute approximate surface area is 118 Å². The molecule has 1 heterocycles. The summed E-state index contributed by atoms with van der Waals surface area (Å²) in [6.45, 7) is 5.14. The van der Waals surface area contributed by atoms with Crippen LogP contribution in [0.15, 0.2) is 29.2 Å². The van der Waals surface area contributed by atoms with Gasteiger partial charge in [0.1, 0.15) is 0 Å². The predicted molar refractivity (Wildman–Crippen MR) is 72.9 cm³/mol. The molecule has 0 saturated carbocycles. The molecule has 1 aromatic rings. The lowest BCUT2D eigenvalue weighted by Crippen LogP contribution is -2.23. The molecule has 0 amide bonds. The predicted octanol–water partition coefficient (Wildman–Crippen LogP) is 1.84. The molecule has 110 valence electrons. The van der Waals surface area contributed by atoms with E-state index >= 15 is 0 Å². The zero-order valence-corrected chi connectivity index (χ0v) is 12.6. The van der Waals surface area contributed by atoms with E-state index in [1.54, 1.807) is 38.1 Å². The second kappa shape index (κ2) is 5.18. The van der Waals surface area contributed by atoms with Crippen molar-refractivity contribution < 1.29 is 22.7 Å². The molecule has 5 nitrogen and oxygen atoms in total. The Hall–Kier alpha value is -1.40. The van der Waals surface area contributed by atoms with Gasteiger partial charge in [-0.15, -0.1) is 0 Å². The molecule has 1 fully saturated rings. The lowest BCUT2D eigenvalue weighted by atomic mass is 10.2. The van der Waals surface area contributed by atoms with Crippen LogP contribution >= 0.6 is 0 Å². The van der Waals surface area contributed by atoms with Crippen molar-refractivity contribution in [3.05, 3.63) is 29.8 Å². The van der Waals surface area contributed by atoms with Gasteiger partial charge in [0, 0.05) is 13.8 Å². The van der Waals surface area contributed by atoms with Gasteiger partial charge in [0.25, 0.3) is 0 Å². The van der Waals surface area contributed by atoms with Gasteiger partial charge in [-0.05, 0) is 25.5 Å². The molecule has 1 aliphatic rings. The number of aryl methyl sites for hydroxylation is 1. The summed E-state index contributed by atoms with van der Waals surface area (Å²) in [5, 5.41) is 0. The summed E-state index contributed by atoms with van der Waals surface area (Å²) in [6, 6.07) is 6.64. The zero-order valence-electron chi connectivity index (χ0n) is 11.8. The third kappa shape index (κ3) is 3.37. The van der Waals surface area contributed by atoms with Crippen LogP contribution in [0, 0.1) is 6.92 Å². The van der Waals surface area contributed by atoms with Crippen LogP contribution in [0.3, 0.4) is 0 Å². The molecule has 1 atom stereocenters. The number of hydrogen-bond acceptors (Lipinski definition) is 5. The minimum absolute atomic E-state index is 0.0957. The number of sulfone groups is 1. The molecule has 0 bridgehead atoms. The molecule has 0 aliphatic carbocycles. The van der Waals surface area contributed by atoms with Crippen LogP contribution in [0.1, 0.15) is 25.8 Å². The van der Waals surface area contributed by atoms with Gasteiger partial charge in [0.05, 0.1) is 10.6 Å². The number of carbonyl (C=O) groups excluding carboxylic acids is 1. The highest BCUT2D eigenvalue weighted by atomic mass is 32.2. The van der Waals surface area contributed by atoms with E-state index in [-0.39, 0.29) is 17.1 Å². The first-order chi connectivity index (χ1) is 9.20. The standard InChI is InChI=1S/C14H18O5S/c1-10-4-6-11(7-5-10)20(16,17)9-8-12-13(15)19-14(2,3)18-12/h4-7,12H,8-9H2,1-3H3. The Morgan fingerprint density at radius 1 is 1.20 bits per heavy atom.